The average molecular weight is 254 g/mol. The maximum atomic E-state index is 11.4. The molecular weight excluding hydrogens is 236 g/mol. The summed E-state index contributed by atoms with van der Waals surface area (Å²) in [6.45, 7) is 5.22. The first-order valence-corrected chi connectivity index (χ1v) is 7.21. The molecule has 0 bridgehead atoms. The van der Waals surface area contributed by atoms with Crippen LogP contribution in [0.4, 0.5) is 5.69 Å². The second kappa shape index (κ2) is 3.99. The van der Waals surface area contributed by atoms with Crippen molar-refractivity contribution in [3.8, 4) is 0 Å². The molecule has 5 heteroatoms. The molecule has 1 aliphatic rings. The van der Waals surface area contributed by atoms with Gasteiger partial charge in [-0.15, -0.1) is 0 Å². The van der Waals surface area contributed by atoms with Gasteiger partial charge in [0.1, 0.15) is 4.90 Å². The smallest absolute Gasteiger partial charge is 0.240 e. The lowest BCUT2D eigenvalue weighted by Crippen LogP contribution is -2.16. The molecule has 0 aliphatic heterocycles. The standard InChI is InChI=1S/C12H18N2O2S/c1-12(2)7-9(12)8-14-10-5-3-4-6-11(10)17(13,15)16/h3-6,9,14H,7-8H2,1-2H3,(H2,13,15,16). The van der Waals surface area contributed by atoms with Crippen molar-refractivity contribution in [3.05, 3.63) is 24.3 Å². The number of rotatable bonds is 4. The fourth-order valence-corrected chi connectivity index (χ4v) is 2.73. The van der Waals surface area contributed by atoms with Crippen LogP contribution < -0.4 is 10.5 Å². The van der Waals surface area contributed by atoms with Gasteiger partial charge in [-0.3, -0.25) is 0 Å². The maximum absolute atomic E-state index is 11.4. The SMILES string of the molecule is CC1(C)CC1CNc1ccccc1S(N)(=O)=O. The van der Waals surface area contributed by atoms with Crippen molar-refractivity contribution in [3.63, 3.8) is 0 Å². The number of sulfonamides is 1. The zero-order chi connectivity index (χ0) is 12.7. The number of hydrogen-bond acceptors (Lipinski definition) is 3. The van der Waals surface area contributed by atoms with Gasteiger partial charge in [0.15, 0.2) is 0 Å². The van der Waals surface area contributed by atoms with Crippen LogP contribution in [0.15, 0.2) is 29.2 Å². The normalized spacial score (nSPS) is 22.2. The second-order valence-corrected chi connectivity index (χ2v) is 6.84. The molecular formula is C12H18N2O2S. The minimum Gasteiger partial charge on any atom is -0.384 e. The van der Waals surface area contributed by atoms with E-state index in [4.69, 9.17) is 5.14 Å². The highest BCUT2D eigenvalue weighted by Gasteiger charge is 2.45. The fraction of sp³-hybridized carbons (Fsp3) is 0.500. The van der Waals surface area contributed by atoms with E-state index in [0.29, 0.717) is 17.0 Å². The molecule has 1 atom stereocenters. The number of hydrogen-bond donors (Lipinski definition) is 2. The molecule has 0 heterocycles. The lowest BCUT2D eigenvalue weighted by Gasteiger charge is -2.11. The Hall–Kier alpha value is -1.07. The lowest BCUT2D eigenvalue weighted by atomic mass is 10.1. The zero-order valence-electron chi connectivity index (χ0n) is 10.1. The van der Waals surface area contributed by atoms with Crippen LogP contribution in [-0.4, -0.2) is 15.0 Å². The molecule has 0 aromatic heterocycles. The van der Waals surface area contributed by atoms with Crippen molar-refractivity contribution < 1.29 is 8.42 Å². The summed E-state index contributed by atoms with van der Waals surface area (Å²) in [5, 5.41) is 8.34. The van der Waals surface area contributed by atoms with Crippen molar-refractivity contribution in [1.29, 1.82) is 0 Å². The molecule has 1 unspecified atom stereocenters. The van der Waals surface area contributed by atoms with Gasteiger partial charge in [0.25, 0.3) is 0 Å². The Kier molecular flexibility index (Phi) is 2.91. The molecule has 0 spiro atoms. The third-order valence-corrected chi connectivity index (χ3v) is 4.42. The molecule has 0 radical (unpaired) electrons. The van der Waals surface area contributed by atoms with Gasteiger partial charge in [-0.25, -0.2) is 13.6 Å². The van der Waals surface area contributed by atoms with Crippen LogP contribution in [0.5, 0.6) is 0 Å². The highest BCUT2D eigenvalue weighted by molar-refractivity contribution is 7.89. The zero-order valence-corrected chi connectivity index (χ0v) is 10.9. The summed E-state index contributed by atoms with van der Waals surface area (Å²) in [4.78, 5) is 0.165. The summed E-state index contributed by atoms with van der Waals surface area (Å²) in [5.41, 5.74) is 0.974. The Morgan fingerprint density at radius 1 is 1.41 bits per heavy atom. The van der Waals surface area contributed by atoms with Crippen LogP contribution in [0.1, 0.15) is 20.3 Å². The summed E-state index contributed by atoms with van der Waals surface area (Å²) in [7, 11) is -3.65. The predicted molar refractivity (Wildman–Crippen MR) is 68.2 cm³/mol. The quantitative estimate of drug-likeness (QED) is 0.860. The molecule has 0 amide bonds. The first kappa shape index (κ1) is 12.4. The van der Waals surface area contributed by atoms with E-state index in [9.17, 15) is 8.42 Å². The number of nitrogens with one attached hydrogen (secondary N) is 1. The summed E-state index contributed by atoms with van der Waals surface area (Å²) < 4.78 is 22.8. The van der Waals surface area contributed by atoms with Crippen LogP contribution in [0, 0.1) is 11.3 Å². The van der Waals surface area contributed by atoms with Gasteiger partial charge in [-0.2, -0.15) is 0 Å². The van der Waals surface area contributed by atoms with Gasteiger partial charge in [0.2, 0.25) is 10.0 Å². The molecule has 0 saturated heterocycles. The van der Waals surface area contributed by atoms with Gasteiger partial charge in [-0.1, -0.05) is 26.0 Å². The van der Waals surface area contributed by atoms with Crippen LogP contribution in [0.2, 0.25) is 0 Å². The maximum Gasteiger partial charge on any atom is 0.240 e. The molecule has 4 nitrogen and oxygen atoms in total. The third kappa shape index (κ3) is 2.79. The summed E-state index contributed by atoms with van der Waals surface area (Å²) in [6.07, 6.45) is 1.18. The summed E-state index contributed by atoms with van der Waals surface area (Å²) >= 11 is 0. The molecule has 3 N–H and O–H groups in total. The largest absolute Gasteiger partial charge is 0.384 e. The van der Waals surface area contributed by atoms with Crippen molar-refractivity contribution in [1.82, 2.24) is 0 Å². The second-order valence-electron chi connectivity index (χ2n) is 5.31. The molecule has 2 rings (SSSR count). The van der Waals surface area contributed by atoms with Crippen molar-refractivity contribution in [2.24, 2.45) is 16.5 Å². The van der Waals surface area contributed by atoms with E-state index in [1.807, 2.05) is 0 Å². The molecule has 17 heavy (non-hydrogen) atoms. The Balaban J connectivity index is 2.11. The third-order valence-electron chi connectivity index (χ3n) is 3.45. The highest BCUT2D eigenvalue weighted by Crippen LogP contribution is 2.51. The molecule has 1 aliphatic carbocycles. The van der Waals surface area contributed by atoms with Crippen LogP contribution in [-0.2, 0) is 10.0 Å². The molecule has 1 aromatic carbocycles. The minimum absolute atomic E-state index is 0.165. The van der Waals surface area contributed by atoms with E-state index in [1.54, 1.807) is 18.2 Å². The monoisotopic (exact) mass is 254 g/mol. The van der Waals surface area contributed by atoms with E-state index in [-0.39, 0.29) is 4.90 Å². The Labute approximate surface area is 102 Å². The Morgan fingerprint density at radius 2 is 2.00 bits per heavy atom. The molecule has 1 saturated carbocycles. The van der Waals surface area contributed by atoms with Crippen molar-refractivity contribution >= 4 is 15.7 Å². The number of anilines is 1. The van der Waals surface area contributed by atoms with E-state index in [0.717, 1.165) is 6.54 Å². The first-order valence-electron chi connectivity index (χ1n) is 5.66. The Morgan fingerprint density at radius 3 is 2.53 bits per heavy atom. The fourth-order valence-electron chi connectivity index (χ4n) is 2.02. The van der Waals surface area contributed by atoms with E-state index < -0.39 is 10.0 Å². The summed E-state index contributed by atoms with van der Waals surface area (Å²) in [6, 6.07) is 6.74. The van der Waals surface area contributed by atoms with Crippen LogP contribution in [0.25, 0.3) is 0 Å². The first-order chi connectivity index (χ1) is 7.81. The van der Waals surface area contributed by atoms with Crippen LogP contribution >= 0.6 is 0 Å². The highest BCUT2D eigenvalue weighted by atomic mass is 32.2. The van der Waals surface area contributed by atoms with E-state index >= 15 is 0 Å². The number of benzene rings is 1. The van der Waals surface area contributed by atoms with Crippen molar-refractivity contribution in [2.75, 3.05) is 11.9 Å². The van der Waals surface area contributed by atoms with Gasteiger partial charge in [0.05, 0.1) is 5.69 Å². The van der Waals surface area contributed by atoms with Crippen molar-refractivity contribution in [2.45, 2.75) is 25.2 Å². The topological polar surface area (TPSA) is 72.2 Å². The number of nitrogens with two attached hydrogens (primary N) is 1. The molecule has 1 fully saturated rings. The molecule has 1 aromatic rings. The van der Waals surface area contributed by atoms with Gasteiger partial charge >= 0.3 is 0 Å². The van der Waals surface area contributed by atoms with Gasteiger partial charge in [-0.05, 0) is 29.9 Å². The van der Waals surface area contributed by atoms with Gasteiger partial charge < -0.3 is 5.32 Å². The predicted octanol–water partition coefficient (Wildman–Crippen LogP) is 1.79. The van der Waals surface area contributed by atoms with Gasteiger partial charge in [0, 0.05) is 6.54 Å². The van der Waals surface area contributed by atoms with E-state index in [1.165, 1.54) is 12.5 Å². The minimum atomic E-state index is -3.65. The van der Waals surface area contributed by atoms with Crippen LogP contribution in [0.3, 0.4) is 0 Å². The van der Waals surface area contributed by atoms with E-state index in [2.05, 4.69) is 19.2 Å². The lowest BCUT2D eigenvalue weighted by molar-refractivity contribution is 0.572. The number of para-hydroxylation sites is 1. The Bertz CT molecular complexity index is 523. The number of primary sulfonamides is 1. The average Bonchev–Trinajstić information content (AvgIpc) is 2.83. The summed E-state index contributed by atoms with van der Waals surface area (Å²) in [5.74, 6) is 0.607. The molecule has 94 valence electrons.